The van der Waals surface area contributed by atoms with Crippen molar-refractivity contribution < 1.29 is 9.90 Å². The van der Waals surface area contributed by atoms with Crippen LogP contribution in [0.1, 0.15) is 16.7 Å². The Morgan fingerprint density at radius 1 is 1.15 bits per heavy atom. The number of carboxylic acid groups (broad SMARTS) is 1. The zero-order valence-electron chi connectivity index (χ0n) is 11.3. The summed E-state index contributed by atoms with van der Waals surface area (Å²) in [6.07, 6.45) is 0.0712. The van der Waals surface area contributed by atoms with Crippen LogP contribution in [0.2, 0.25) is 0 Å². The van der Waals surface area contributed by atoms with E-state index >= 15 is 0 Å². The van der Waals surface area contributed by atoms with Crippen molar-refractivity contribution in [2.75, 3.05) is 5.73 Å². The number of anilines is 1. The summed E-state index contributed by atoms with van der Waals surface area (Å²) in [6.45, 7) is 2.07. The smallest absolute Gasteiger partial charge is 0.307 e. The molecule has 0 aliphatic rings. The normalized spacial score (nSPS) is 10.4. The molecule has 0 radical (unpaired) electrons. The maximum absolute atomic E-state index is 10.6. The fraction of sp³-hybridized carbons (Fsp3) is 0.188. The highest BCUT2D eigenvalue weighted by Gasteiger charge is 2.03. The minimum atomic E-state index is -0.803. The third-order valence-electron chi connectivity index (χ3n) is 2.98. The molecule has 0 saturated carbocycles. The van der Waals surface area contributed by atoms with Crippen LogP contribution in [0.5, 0.6) is 0 Å². The van der Waals surface area contributed by atoms with E-state index in [2.05, 4.69) is 6.92 Å². The SMILES string of the molecule is Cc1ccc(N)cc1SCc1ccc(CC(=O)O)cc1. The van der Waals surface area contributed by atoms with Crippen LogP contribution < -0.4 is 5.73 Å². The number of aliphatic carboxylic acids is 1. The van der Waals surface area contributed by atoms with Gasteiger partial charge in [-0.3, -0.25) is 4.79 Å². The van der Waals surface area contributed by atoms with Crippen LogP contribution in [0, 0.1) is 6.92 Å². The fourth-order valence-corrected chi connectivity index (χ4v) is 2.89. The molecule has 4 heteroatoms. The highest BCUT2D eigenvalue weighted by molar-refractivity contribution is 7.98. The van der Waals surface area contributed by atoms with Crippen LogP contribution in [-0.4, -0.2) is 11.1 Å². The Morgan fingerprint density at radius 3 is 2.45 bits per heavy atom. The first-order chi connectivity index (χ1) is 9.54. The van der Waals surface area contributed by atoms with Crippen LogP contribution in [0.4, 0.5) is 5.69 Å². The molecule has 0 unspecified atom stereocenters. The first kappa shape index (κ1) is 14.5. The summed E-state index contributed by atoms with van der Waals surface area (Å²) in [6, 6.07) is 13.6. The Balaban J connectivity index is 2.00. The van der Waals surface area contributed by atoms with Gasteiger partial charge in [-0.15, -0.1) is 11.8 Å². The Morgan fingerprint density at radius 2 is 1.80 bits per heavy atom. The molecule has 0 bridgehead atoms. The lowest BCUT2D eigenvalue weighted by Gasteiger charge is -2.07. The Hall–Kier alpha value is -1.94. The van der Waals surface area contributed by atoms with Gasteiger partial charge in [0.05, 0.1) is 6.42 Å². The number of nitrogens with two attached hydrogens (primary N) is 1. The lowest BCUT2D eigenvalue weighted by atomic mass is 10.1. The summed E-state index contributed by atoms with van der Waals surface area (Å²) in [5, 5.41) is 8.73. The van der Waals surface area contributed by atoms with Crippen molar-refractivity contribution in [2.24, 2.45) is 0 Å². The second-order valence-corrected chi connectivity index (χ2v) is 5.72. The van der Waals surface area contributed by atoms with Crippen molar-refractivity contribution in [1.82, 2.24) is 0 Å². The largest absolute Gasteiger partial charge is 0.481 e. The lowest BCUT2D eigenvalue weighted by Crippen LogP contribution is -1.99. The Bertz CT molecular complexity index is 608. The molecular formula is C16H17NO2S. The molecule has 0 aromatic heterocycles. The summed E-state index contributed by atoms with van der Waals surface area (Å²) >= 11 is 1.74. The summed E-state index contributed by atoms with van der Waals surface area (Å²) in [5.41, 5.74) is 9.78. The predicted octanol–water partition coefficient (Wildman–Crippen LogP) is 3.50. The number of nitrogen functional groups attached to an aromatic ring is 1. The van der Waals surface area contributed by atoms with E-state index in [0.29, 0.717) is 0 Å². The van der Waals surface area contributed by atoms with Crippen LogP contribution in [0.15, 0.2) is 47.4 Å². The van der Waals surface area contributed by atoms with Crippen molar-refractivity contribution in [1.29, 1.82) is 0 Å². The fourth-order valence-electron chi connectivity index (χ4n) is 1.86. The maximum Gasteiger partial charge on any atom is 0.307 e. The van der Waals surface area contributed by atoms with Gasteiger partial charge in [-0.2, -0.15) is 0 Å². The number of carbonyl (C=O) groups is 1. The molecule has 2 aromatic rings. The lowest BCUT2D eigenvalue weighted by molar-refractivity contribution is -0.136. The molecule has 0 amide bonds. The molecule has 3 N–H and O–H groups in total. The van der Waals surface area contributed by atoms with Crippen LogP contribution in [0.3, 0.4) is 0 Å². The van der Waals surface area contributed by atoms with Gasteiger partial charge in [-0.1, -0.05) is 30.3 Å². The van der Waals surface area contributed by atoms with E-state index in [9.17, 15) is 4.79 Å². The minimum Gasteiger partial charge on any atom is -0.481 e. The Labute approximate surface area is 122 Å². The molecule has 3 nitrogen and oxygen atoms in total. The van der Waals surface area contributed by atoms with E-state index < -0.39 is 5.97 Å². The predicted molar refractivity (Wildman–Crippen MR) is 82.9 cm³/mol. The van der Waals surface area contributed by atoms with Crippen molar-refractivity contribution in [3.63, 3.8) is 0 Å². The van der Waals surface area contributed by atoms with Crippen molar-refractivity contribution in [3.05, 3.63) is 59.2 Å². The molecule has 0 spiro atoms. The van der Waals surface area contributed by atoms with Crippen molar-refractivity contribution >= 4 is 23.4 Å². The molecule has 0 saturated heterocycles. The van der Waals surface area contributed by atoms with E-state index in [1.165, 1.54) is 16.0 Å². The molecule has 104 valence electrons. The maximum atomic E-state index is 10.6. The van der Waals surface area contributed by atoms with Gasteiger partial charge in [0, 0.05) is 16.3 Å². The summed E-state index contributed by atoms with van der Waals surface area (Å²) < 4.78 is 0. The van der Waals surface area contributed by atoms with Crippen LogP contribution in [0.25, 0.3) is 0 Å². The third-order valence-corrected chi connectivity index (χ3v) is 4.21. The number of rotatable bonds is 5. The molecule has 0 aliphatic carbocycles. The monoisotopic (exact) mass is 287 g/mol. The number of hydrogen-bond donors (Lipinski definition) is 2. The standard InChI is InChI=1S/C16H17NO2S/c1-11-2-7-14(17)9-15(11)20-10-13-5-3-12(4-6-13)8-16(18)19/h2-7,9H,8,10,17H2,1H3,(H,18,19). The van der Waals surface area contributed by atoms with Crippen molar-refractivity contribution in [2.45, 2.75) is 24.0 Å². The second-order valence-electron chi connectivity index (χ2n) is 4.70. The average Bonchev–Trinajstić information content (AvgIpc) is 2.41. The molecule has 2 rings (SSSR count). The highest BCUT2D eigenvalue weighted by atomic mass is 32.2. The average molecular weight is 287 g/mol. The van der Waals surface area contributed by atoms with Gasteiger partial charge in [0.2, 0.25) is 0 Å². The topological polar surface area (TPSA) is 63.3 Å². The zero-order chi connectivity index (χ0) is 14.5. The number of benzene rings is 2. The molecule has 0 heterocycles. The number of hydrogen-bond acceptors (Lipinski definition) is 3. The Kier molecular flexibility index (Phi) is 4.69. The minimum absolute atomic E-state index is 0.0712. The third kappa shape index (κ3) is 4.03. The van der Waals surface area contributed by atoms with Crippen LogP contribution in [-0.2, 0) is 17.0 Å². The van der Waals surface area contributed by atoms with Gasteiger partial charge in [-0.05, 0) is 35.7 Å². The van der Waals surface area contributed by atoms with E-state index in [0.717, 1.165) is 17.0 Å². The zero-order valence-corrected chi connectivity index (χ0v) is 12.1. The van der Waals surface area contributed by atoms with Gasteiger partial charge in [0.1, 0.15) is 0 Å². The molecule has 2 aromatic carbocycles. The summed E-state index contributed by atoms with van der Waals surface area (Å²) in [7, 11) is 0. The molecule has 20 heavy (non-hydrogen) atoms. The quantitative estimate of drug-likeness (QED) is 0.652. The molecular weight excluding hydrogens is 270 g/mol. The van der Waals surface area contributed by atoms with Gasteiger partial charge in [-0.25, -0.2) is 0 Å². The highest BCUT2D eigenvalue weighted by Crippen LogP contribution is 2.27. The second kappa shape index (κ2) is 6.48. The van der Waals surface area contributed by atoms with Gasteiger partial charge < -0.3 is 10.8 Å². The summed E-state index contributed by atoms with van der Waals surface area (Å²) in [4.78, 5) is 11.8. The number of thioether (sulfide) groups is 1. The van der Waals surface area contributed by atoms with Gasteiger partial charge in [0.25, 0.3) is 0 Å². The van der Waals surface area contributed by atoms with E-state index in [4.69, 9.17) is 10.8 Å². The first-order valence-corrected chi connectivity index (χ1v) is 7.31. The number of aryl methyl sites for hydroxylation is 1. The van der Waals surface area contributed by atoms with Gasteiger partial charge >= 0.3 is 5.97 Å². The van der Waals surface area contributed by atoms with Crippen LogP contribution >= 0.6 is 11.8 Å². The first-order valence-electron chi connectivity index (χ1n) is 6.33. The van der Waals surface area contributed by atoms with E-state index in [1.54, 1.807) is 11.8 Å². The number of carboxylic acids is 1. The van der Waals surface area contributed by atoms with E-state index in [1.807, 2.05) is 42.5 Å². The van der Waals surface area contributed by atoms with Gasteiger partial charge in [0.15, 0.2) is 0 Å². The molecule has 0 fully saturated rings. The summed E-state index contributed by atoms with van der Waals surface area (Å²) in [5.74, 6) is 0.0417. The molecule has 0 atom stereocenters. The molecule has 0 aliphatic heterocycles. The van der Waals surface area contributed by atoms with Crippen molar-refractivity contribution in [3.8, 4) is 0 Å². The van der Waals surface area contributed by atoms with E-state index in [-0.39, 0.29) is 6.42 Å².